The first-order chi connectivity index (χ1) is 12.3. The first kappa shape index (κ1) is 17.9. The maximum atomic E-state index is 6.09. The van der Waals surface area contributed by atoms with Gasteiger partial charge in [-0.25, -0.2) is 0 Å². The average Bonchev–Trinajstić information content (AvgIpc) is 3.11. The van der Waals surface area contributed by atoms with Gasteiger partial charge in [0, 0.05) is 30.1 Å². The van der Waals surface area contributed by atoms with Crippen LogP contribution in [0.2, 0.25) is 0 Å². The highest BCUT2D eigenvalue weighted by Gasteiger charge is 2.15. The van der Waals surface area contributed by atoms with E-state index in [1.165, 1.54) is 11.1 Å². The molecule has 26 heavy (non-hydrogen) atoms. The maximum Gasteiger partial charge on any atom is 0.135 e. The number of allylic oxidation sites excluding steroid dienone is 1. The summed E-state index contributed by atoms with van der Waals surface area (Å²) >= 11 is 0. The second-order valence-electron chi connectivity index (χ2n) is 6.26. The molecule has 0 atom stereocenters. The zero-order valence-electron chi connectivity index (χ0n) is 14.3. The van der Waals surface area contributed by atoms with Gasteiger partial charge in [-0.1, -0.05) is 31.7 Å². The fourth-order valence-corrected chi connectivity index (χ4v) is 3.20. The summed E-state index contributed by atoms with van der Waals surface area (Å²) in [5, 5.41) is 0. The van der Waals surface area contributed by atoms with Gasteiger partial charge in [0.05, 0.1) is 5.71 Å². The number of benzene rings is 1. The van der Waals surface area contributed by atoms with Gasteiger partial charge < -0.3 is 4.42 Å². The van der Waals surface area contributed by atoms with Crippen molar-refractivity contribution in [3.8, 4) is 11.3 Å². The summed E-state index contributed by atoms with van der Waals surface area (Å²) in [6.07, 6.45) is 7.86. The van der Waals surface area contributed by atoms with Gasteiger partial charge in [-0.2, -0.15) is 0 Å². The molecule has 0 spiro atoms. The van der Waals surface area contributed by atoms with Crippen LogP contribution in [-0.4, -0.2) is 17.2 Å². The third-order valence-electron chi connectivity index (χ3n) is 4.47. The lowest BCUT2D eigenvalue weighted by Gasteiger charge is -2.15. The van der Waals surface area contributed by atoms with Crippen molar-refractivity contribution < 1.29 is 4.42 Å². The molecule has 0 fully saturated rings. The molecular formula is C23H24N2O. The summed E-state index contributed by atoms with van der Waals surface area (Å²) in [7, 11) is 0. The Hall–Kier alpha value is -2.94. The summed E-state index contributed by atoms with van der Waals surface area (Å²) in [4.78, 5) is 8.95. The fourth-order valence-electron chi connectivity index (χ4n) is 3.20. The Balaban J connectivity index is 0.00000196. The van der Waals surface area contributed by atoms with Crippen LogP contribution >= 0.6 is 0 Å². The molecule has 0 amide bonds. The zero-order valence-corrected chi connectivity index (χ0v) is 14.3. The largest absolute Gasteiger partial charge is 0.457 e. The van der Waals surface area contributed by atoms with Crippen LogP contribution in [0.4, 0.5) is 0 Å². The number of hydrogen-bond donors (Lipinski definition) is 0. The van der Waals surface area contributed by atoms with E-state index < -0.39 is 0 Å². The summed E-state index contributed by atoms with van der Waals surface area (Å²) in [6.45, 7) is 2.97. The number of nitrogens with zero attached hydrogens (tertiary/aromatic N) is 2. The minimum Gasteiger partial charge on any atom is -0.457 e. The summed E-state index contributed by atoms with van der Waals surface area (Å²) in [5.74, 6) is 1.77. The second kappa shape index (κ2) is 7.96. The lowest BCUT2D eigenvalue weighted by atomic mass is 9.96. The van der Waals surface area contributed by atoms with Crippen molar-refractivity contribution in [1.82, 2.24) is 4.98 Å². The molecule has 0 saturated heterocycles. The van der Waals surface area contributed by atoms with Crippen molar-refractivity contribution >= 4 is 11.8 Å². The van der Waals surface area contributed by atoms with Crippen LogP contribution in [0.1, 0.15) is 37.2 Å². The Morgan fingerprint density at radius 3 is 2.73 bits per heavy atom. The Morgan fingerprint density at radius 1 is 1.04 bits per heavy atom. The summed E-state index contributed by atoms with van der Waals surface area (Å²) < 4.78 is 6.09. The Labute approximate surface area is 155 Å². The monoisotopic (exact) mass is 344 g/mol. The van der Waals surface area contributed by atoms with E-state index in [1.807, 2.05) is 36.5 Å². The number of rotatable bonds is 3. The van der Waals surface area contributed by atoms with Gasteiger partial charge in [0.15, 0.2) is 0 Å². The van der Waals surface area contributed by atoms with Crippen LogP contribution in [0.5, 0.6) is 0 Å². The molecule has 1 aliphatic heterocycles. The summed E-state index contributed by atoms with van der Waals surface area (Å²) in [5.41, 5.74) is 5.67. The smallest absolute Gasteiger partial charge is 0.135 e. The SMILES string of the molecule is C.Cc1ccccc1-c1ccc(/C=C2\CCCN=C2c2cccnc2)o1. The van der Waals surface area contributed by atoms with Crippen molar-refractivity contribution in [2.24, 2.45) is 4.99 Å². The van der Waals surface area contributed by atoms with E-state index in [9.17, 15) is 0 Å². The molecule has 3 aromatic rings. The highest BCUT2D eigenvalue weighted by Crippen LogP contribution is 2.28. The minimum atomic E-state index is 0. The molecule has 0 aliphatic carbocycles. The molecule has 0 radical (unpaired) electrons. The fraction of sp³-hybridized carbons (Fsp3) is 0.217. The standard InChI is InChI=1S/C22H20N2O.CH4/c1-16-6-2-3-9-20(16)21-11-10-19(25-21)14-17-7-5-13-24-22(17)18-8-4-12-23-15-18;/h2-4,6,8-12,14-15H,5,7,13H2,1H3;1H4/b17-14+;. The normalized spacial score (nSPS) is 15.4. The Bertz CT molecular complexity index is 936. The van der Waals surface area contributed by atoms with Gasteiger partial charge >= 0.3 is 0 Å². The lowest BCUT2D eigenvalue weighted by molar-refractivity contribution is 0.570. The number of aryl methyl sites for hydroxylation is 1. The van der Waals surface area contributed by atoms with Crippen LogP contribution in [0.3, 0.4) is 0 Å². The molecule has 1 aromatic carbocycles. The number of hydrogen-bond acceptors (Lipinski definition) is 3. The second-order valence-corrected chi connectivity index (χ2v) is 6.26. The van der Waals surface area contributed by atoms with E-state index in [4.69, 9.17) is 9.41 Å². The predicted molar refractivity (Wildman–Crippen MR) is 108 cm³/mol. The van der Waals surface area contributed by atoms with Crippen LogP contribution in [0.15, 0.2) is 75.9 Å². The zero-order chi connectivity index (χ0) is 17.1. The minimum absolute atomic E-state index is 0. The molecule has 0 saturated carbocycles. The molecule has 0 N–H and O–H groups in total. The van der Waals surface area contributed by atoms with E-state index in [0.29, 0.717) is 0 Å². The van der Waals surface area contributed by atoms with Crippen molar-refractivity contribution in [2.75, 3.05) is 6.54 Å². The molecule has 3 heterocycles. The first-order valence-electron chi connectivity index (χ1n) is 8.63. The summed E-state index contributed by atoms with van der Waals surface area (Å²) in [6, 6.07) is 16.4. The number of furan rings is 1. The van der Waals surface area contributed by atoms with Crippen LogP contribution in [-0.2, 0) is 0 Å². The molecule has 132 valence electrons. The molecule has 3 nitrogen and oxygen atoms in total. The van der Waals surface area contributed by atoms with Crippen molar-refractivity contribution in [2.45, 2.75) is 27.2 Å². The molecular weight excluding hydrogens is 320 g/mol. The van der Waals surface area contributed by atoms with Crippen molar-refractivity contribution in [3.63, 3.8) is 0 Å². The average molecular weight is 344 g/mol. The third-order valence-corrected chi connectivity index (χ3v) is 4.47. The van der Waals surface area contributed by atoms with Crippen LogP contribution in [0.25, 0.3) is 17.4 Å². The Kier molecular flexibility index (Phi) is 5.47. The highest BCUT2D eigenvalue weighted by atomic mass is 16.3. The number of pyridine rings is 1. The number of aliphatic imine (C=N–C) groups is 1. The van der Waals surface area contributed by atoms with Gasteiger partial charge in [0.1, 0.15) is 11.5 Å². The van der Waals surface area contributed by atoms with Gasteiger partial charge in [-0.15, -0.1) is 0 Å². The predicted octanol–water partition coefficient (Wildman–Crippen LogP) is 5.95. The van der Waals surface area contributed by atoms with E-state index in [2.05, 4.69) is 36.2 Å². The number of aromatic nitrogens is 1. The molecule has 0 unspecified atom stereocenters. The van der Waals surface area contributed by atoms with E-state index >= 15 is 0 Å². The molecule has 3 heteroatoms. The molecule has 0 bridgehead atoms. The first-order valence-corrected chi connectivity index (χ1v) is 8.63. The Morgan fingerprint density at radius 2 is 1.92 bits per heavy atom. The molecule has 1 aliphatic rings. The van der Waals surface area contributed by atoms with E-state index in [-0.39, 0.29) is 7.43 Å². The van der Waals surface area contributed by atoms with Gasteiger partial charge in [0.25, 0.3) is 0 Å². The highest BCUT2D eigenvalue weighted by molar-refractivity contribution is 6.15. The van der Waals surface area contributed by atoms with E-state index in [1.54, 1.807) is 6.20 Å². The maximum absolute atomic E-state index is 6.09. The topological polar surface area (TPSA) is 38.4 Å². The molecule has 4 rings (SSSR count). The molecule has 2 aromatic heterocycles. The van der Waals surface area contributed by atoms with Crippen LogP contribution in [0, 0.1) is 6.92 Å². The third kappa shape index (κ3) is 3.67. The van der Waals surface area contributed by atoms with Gasteiger partial charge in [0.2, 0.25) is 0 Å². The van der Waals surface area contributed by atoms with Gasteiger partial charge in [-0.05, 0) is 61.2 Å². The van der Waals surface area contributed by atoms with E-state index in [0.717, 1.165) is 47.7 Å². The van der Waals surface area contributed by atoms with Gasteiger partial charge in [-0.3, -0.25) is 9.98 Å². The van der Waals surface area contributed by atoms with Crippen molar-refractivity contribution in [3.05, 3.63) is 83.4 Å². The lowest BCUT2D eigenvalue weighted by Crippen LogP contribution is -2.11. The van der Waals surface area contributed by atoms with Crippen molar-refractivity contribution in [1.29, 1.82) is 0 Å². The van der Waals surface area contributed by atoms with Crippen LogP contribution < -0.4 is 0 Å². The quantitative estimate of drug-likeness (QED) is 0.588.